The van der Waals surface area contributed by atoms with Crippen molar-refractivity contribution in [2.75, 3.05) is 12.4 Å². The lowest BCUT2D eigenvalue weighted by atomic mass is 10.1. The van der Waals surface area contributed by atoms with Crippen LogP contribution in [-0.4, -0.2) is 37.7 Å². The van der Waals surface area contributed by atoms with Gasteiger partial charge in [0, 0.05) is 47.5 Å². The number of nitrogens with zero attached hydrogens (tertiary/aromatic N) is 5. The first-order chi connectivity index (χ1) is 16.2. The molecule has 1 amide bonds. The lowest BCUT2D eigenvalue weighted by Gasteiger charge is -2.07. The first-order valence-corrected chi connectivity index (χ1v) is 10.1. The molecule has 34 heavy (non-hydrogen) atoms. The third kappa shape index (κ3) is 5.20. The minimum atomic E-state index is -4.55. The van der Waals surface area contributed by atoms with Gasteiger partial charge in [0.15, 0.2) is 0 Å². The van der Waals surface area contributed by atoms with E-state index in [1.54, 1.807) is 37.5 Å². The molecule has 4 aromatic rings. The summed E-state index contributed by atoms with van der Waals surface area (Å²) in [5.41, 5.74) is 1.96. The number of anilines is 1. The Kier molecular flexibility index (Phi) is 6.26. The number of nitrogens with one attached hydrogen (secondary N) is 1. The Morgan fingerprint density at radius 2 is 1.76 bits per heavy atom. The molecule has 1 N–H and O–H groups in total. The van der Waals surface area contributed by atoms with Crippen molar-refractivity contribution >= 4 is 11.7 Å². The lowest BCUT2D eigenvalue weighted by Crippen LogP contribution is -2.19. The fourth-order valence-corrected chi connectivity index (χ4v) is 3.28. The van der Waals surface area contributed by atoms with Crippen LogP contribution in [-0.2, 0) is 17.5 Å². The summed E-state index contributed by atoms with van der Waals surface area (Å²) >= 11 is 0. The second kappa shape index (κ2) is 9.30. The first-order valence-electron chi connectivity index (χ1n) is 10.1. The maximum atomic E-state index is 13.0. The first kappa shape index (κ1) is 22.9. The summed E-state index contributed by atoms with van der Waals surface area (Å²) in [6.45, 7) is 1.52. The third-order valence-electron chi connectivity index (χ3n) is 4.92. The van der Waals surface area contributed by atoms with Gasteiger partial charge < -0.3 is 10.1 Å². The highest BCUT2D eigenvalue weighted by Crippen LogP contribution is 2.31. The monoisotopic (exact) mass is 468 g/mol. The summed E-state index contributed by atoms with van der Waals surface area (Å²) in [7, 11) is 1.54. The van der Waals surface area contributed by atoms with Crippen LogP contribution in [0.25, 0.3) is 22.3 Å². The molecule has 0 aliphatic carbocycles. The molecule has 0 saturated carbocycles. The summed E-state index contributed by atoms with van der Waals surface area (Å²) < 4.78 is 45.3. The van der Waals surface area contributed by atoms with Gasteiger partial charge in [0.2, 0.25) is 11.8 Å². The van der Waals surface area contributed by atoms with Crippen molar-refractivity contribution in [2.24, 2.45) is 0 Å². The SMILES string of the molecule is COc1ccc(-c2ccc(NC(=O)Cn3cc(-c4ccnc(C(F)(F)F)c4)c(C)n3)nc2)cn1. The zero-order chi connectivity index (χ0) is 24.3. The number of pyridine rings is 3. The normalized spacial score (nSPS) is 11.3. The van der Waals surface area contributed by atoms with Crippen molar-refractivity contribution in [3.05, 3.63) is 72.6 Å². The van der Waals surface area contributed by atoms with Crippen LogP contribution < -0.4 is 10.1 Å². The highest BCUT2D eigenvalue weighted by molar-refractivity contribution is 5.89. The molecule has 0 atom stereocenters. The second-order valence-electron chi connectivity index (χ2n) is 7.32. The van der Waals surface area contributed by atoms with E-state index in [9.17, 15) is 18.0 Å². The van der Waals surface area contributed by atoms with Gasteiger partial charge in [-0.15, -0.1) is 0 Å². The maximum Gasteiger partial charge on any atom is 0.433 e. The number of carbonyl (C=O) groups excluding carboxylic acids is 1. The van der Waals surface area contributed by atoms with Crippen LogP contribution in [0.15, 0.2) is 61.2 Å². The van der Waals surface area contributed by atoms with Crippen molar-refractivity contribution < 1.29 is 22.7 Å². The molecule has 0 aromatic carbocycles. The number of alkyl halides is 3. The van der Waals surface area contributed by atoms with Crippen molar-refractivity contribution in [3.8, 4) is 28.1 Å². The molecule has 0 unspecified atom stereocenters. The number of hydrogen-bond donors (Lipinski definition) is 1. The van der Waals surface area contributed by atoms with Crippen molar-refractivity contribution in [3.63, 3.8) is 0 Å². The molecular formula is C23H19F3N6O2. The Balaban J connectivity index is 1.43. The standard InChI is InChI=1S/C23H19F3N6O2/c1-14-18(15-7-8-27-19(9-15)23(24,25)26)12-32(31-14)13-21(33)30-20-5-3-16(10-28-20)17-4-6-22(34-2)29-11-17/h3-12H,13H2,1-2H3,(H,28,30,33). The molecule has 0 spiro atoms. The molecule has 0 aliphatic rings. The van der Waals surface area contributed by atoms with Crippen molar-refractivity contribution in [2.45, 2.75) is 19.6 Å². The number of hydrogen-bond acceptors (Lipinski definition) is 6. The van der Waals surface area contributed by atoms with Gasteiger partial charge in [-0.05, 0) is 42.8 Å². The molecule has 0 bridgehead atoms. The Bertz CT molecular complexity index is 1300. The van der Waals surface area contributed by atoms with Gasteiger partial charge in [0.1, 0.15) is 18.1 Å². The maximum absolute atomic E-state index is 13.0. The van der Waals surface area contributed by atoms with Gasteiger partial charge >= 0.3 is 6.18 Å². The Hall–Kier alpha value is -4.28. The molecular weight excluding hydrogens is 449 g/mol. The van der Waals surface area contributed by atoms with Gasteiger partial charge in [0.25, 0.3) is 0 Å². The van der Waals surface area contributed by atoms with Crippen LogP contribution in [0.5, 0.6) is 5.88 Å². The summed E-state index contributed by atoms with van der Waals surface area (Å²) in [5, 5.41) is 6.92. The number of carbonyl (C=O) groups is 1. The lowest BCUT2D eigenvalue weighted by molar-refractivity contribution is -0.141. The van der Waals surface area contributed by atoms with E-state index < -0.39 is 11.9 Å². The molecule has 174 valence electrons. The highest BCUT2D eigenvalue weighted by atomic mass is 19.4. The average molecular weight is 468 g/mol. The average Bonchev–Trinajstić information content (AvgIpc) is 3.19. The van der Waals surface area contributed by atoms with Gasteiger partial charge in [-0.1, -0.05) is 0 Å². The van der Waals surface area contributed by atoms with E-state index in [0.29, 0.717) is 28.5 Å². The van der Waals surface area contributed by atoms with Crippen LogP contribution in [0.1, 0.15) is 11.4 Å². The molecule has 0 aliphatic heterocycles. The quantitative estimate of drug-likeness (QED) is 0.451. The number of methoxy groups -OCH3 is 1. The van der Waals surface area contributed by atoms with Crippen LogP contribution in [0, 0.1) is 6.92 Å². The molecule has 0 fully saturated rings. The molecule has 4 heterocycles. The molecule has 11 heteroatoms. The molecule has 4 rings (SSSR count). The van der Waals surface area contributed by atoms with Crippen molar-refractivity contribution in [1.82, 2.24) is 24.7 Å². The van der Waals surface area contributed by atoms with Gasteiger partial charge in [0.05, 0.1) is 12.8 Å². The predicted octanol–water partition coefficient (Wildman–Crippen LogP) is 4.38. The third-order valence-corrected chi connectivity index (χ3v) is 4.92. The minimum Gasteiger partial charge on any atom is -0.481 e. The fraction of sp³-hybridized carbons (Fsp3) is 0.174. The van der Waals surface area contributed by atoms with E-state index in [0.717, 1.165) is 23.4 Å². The highest BCUT2D eigenvalue weighted by Gasteiger charge is 2.32. The van der Waals surface area contributed by atoms with Crippen molar-refractivity contribution in [1.29, 1.82) is 0 Å². The Morgan fingerprint density at radius 1 is 1.03 bits per heavy atom. The largest absolute Gasteiger partial charge is 0.481 e. The summed E-state index contributed by atoms with van der Waals surface area (Å²) in [5.74, 6) is 0.469. The van der Waals surface area contributed by atoms with Crippen LogP contribution in [0.2, 0.25) is 0 Å². The van der Waals surface area contributed by atoms with Gasteiger partial charge in [-0.2, -0.15) is 18.3 Å². The number of aromatic nitrogens is 5. The summed E-state index contributed by atoms with van der Waals surface area (Å²) in [6, 6.07) is 9.46. The summed E-state index contributed by atoms with van der Waals surface area (Å²) in [6.07, 6.45) is 1.34. The fourth-order valence-electron chi connectivity index (χ4n) is 3.28. The van der Waals surface area contributed by atoms with E-state index in [-0.39, 0.29) is 12.5 Å². The van der Waals surface area contributed by atoms with E-state index >= 15 is 0 Å². The van der Waals surface area contributed by atoms with Crippen LogP contribution in [0.4, 0.5) is 19.0 Å². The summed E-state index contributed by atoms with van der Waals surface area (Å²) in [4.78, 5) is 24.2. The smallest absolute Gasteiger partial charge is 0.433 e. The Labute approximate surface area is 192 Å². The van der Waals surface area contributed by atoms with Gasteiger partial charge in [-0.25, -0.2) is 9.97 Å². The van der Waals surface area contributed by atoms with E-state index in [1.807, 2.05) is 6.07 Å². The van der Waals surface area contributed by atoms with Crippen LogP contribution >= 0.6 is 0 Å². The number of ether oxygens (including phenoxy) is 1. The number of amides is 1. The molecule has 0 radical (unpaired) electrons. The zero-order valence-corrected chi connectivity index (χ0v) is 18.2. The molecule has 0 saturated heterocycles. The molecule has 8 nitrogen and oxygen atoms in total. The number of aryl methyl sites for hydroxylation is 1. The van der Waals surface area contributed by atoms with Gasteiger partial charge in [-0.3, -0.25) is 14.5 Å². The zero-order valence-electron chi connectivity index (χ0n) is 18.2. The Morgan fingerprint density at radius 3 is 2.38 bits per heavy atom. The number of halogens is 3. The van der Waals surface area contributed by atoms with E-state index in [4.69, 9.17) is 4.74 Å². The van der Waals surface area contributed by atoms with E-state index in [1.165, 1.54) is 24.1 Å². The van der Waals surface area contributed by atoms with E-state index in [2.05, 4.69) is 25.4 Å². The van der Waals surface area contributed by atoms with Crippen LogP contribution in [0.3, 0.4) is 0 Å². The minimum absolute atomic E-state index is 0.135. The molecule has 4 aromatic heterocycles. The predicted molar refractivity (Wildman–Crippen MR) is 118 cm³/mol. The number of rotatable bonds is 6. The topological polar surface area (TPSA) is 94.8 Å². The second-order valence-corrected chi connectivity index (χ2v) is 7.32.